The van der Waals surface area contributed by atoms with Gasteiger partial charge in [-0.25, -0.2) is 0 Å². The first kappa shape index (κ1) is 21.7. The minimum Gasteiger partial charge on any atom is -0.461 e. The van der Waals surface area contributed by atoms with E-state index in [1.807, 2.05) is 31.7 Å². The normalized spacial score (nSPS) is 20.9. The fraction of sp³-hybridized carbons (Fsp3) is 0.625. The number of carbonyl (C=O) groups excluding carboxylic acids is 1. The first-order chi connectivity index (χ1) is 14.2. The zero-order chi connectivity index (χ0) is 20.3. The van der Waals surface area contributed by atoms with Crippen molar-refractivity contribution in [2.45, 2.75) is 82.8 Å². The van der Waals surface area contributed by atoms with Crippen molar-refractivity contribution >= 4 is 12.2 Å². The molecule has 5 nitrogen and oxygen atoms in total. The minimum atomic E-state index is -0.0695. The zero-order valence-corrected chi connectivity index (χ0v) is 17.8. The van der Waals surface area contributed by atoms with E-state index in [1.54, 1.807) is 6.20 Å². The topological polar surface area (TPSA) is 54.8 Å². The van der Waals surface area contributed by atoms with Crippen LogP contribution in [0.4, 0.5) is 0 Å². The Hall–Kier alpha value is -2.01. The molecule has 0 saturated carbocycles. The predicted octanol–water partition coefficient (Wildman–Crippen LogP) is 4.72. The van der Waals surface area contributed by atoms with Gasteiger partial charge in [-0.1, -0.05) is 18.1 Å². The number of rotatable bonds is 10. The molecule has 0 spiro atoms. The Morgan fingerprint density at radius 3 is 2.86 bits per heavy atom. The summed E-state index contributed by atoms with van der Waals surface area (Å²) in [5, 5.41) is 0. The van der Waals surface area contributed by atoms with E-state index in [0.717, 1.165) is 70.8 Å². The average Bonchev–Trinajstić information content (AvgIpc) is 2.75. The van der Waals surface area contributed by atoms with E-state index < -0.39 is 0 Å². The SMILES string of the molecule is CN1CCCC[C@H]1C(=O)OC(CCCC1=CN=CCC1)CCCc1cccnc1. The Morgan fingerprint density at radius 1 is 1.28 bits per heavy atom. The highest BCUT2D eigenvalue weighted by Crippen LogP contribution is 2.22. The van der Waals surface area contributed by atoms with E-state index in [4.69, 9.17) is 4.74 Å². The van der Waals surface area contributed by atoms with Crippen molar-refractivity contribution in [1.82, 2.24) is 9.88 Å². The molecule has 1 fully saturated rings. The highest BCUT2D eigenvalue weighted by atomic mass is 16.5. The molecule has 158 valence electrons. The van der Waals surface area contributed by atoms with Crippen LogP contribution in [0.15, 0.2) is 41.3 Å². The van der Waals surface area contributed by atoms with Crippen molar-refractivity contribution in [3.8, 4) is 0 Å². The largest absolute Gasteiger partial charge is 0.461 e. The van der Waals surface area contributed by atoms with Gasteiger partial charge in [-0.3, -0.25) is 19.7 Å². The first-order valence-electron chi connectivity index (χ1n) is 11.2. The van der Waals surface area contributed by atoms with Crippen LogP contribution in [0.25, 0.3) is 0 Å². The lowest BCUT2D eigenvalue weighted by Gasteiger charge is -2.32. The molecular formula is C24H35N3O2. The van der Waals surface area contributed by atoms with Gasteiger partial charge in [0.15, 0.2) is 0 Å². The molecule has 1 saturated heterocycles. The standard InChI is InChI=1S/C24H35N3O2/c1-27-17-3-2-14-23(27)24(28)29-22(12-4-8-20-10-6-15-25-18-20)13-5-9-21-11-7-16-26-19-21/h6,10,15-16,18-19,22-23H,2-5,7-9,11-14,17H2,1H3/t22?,23-/m0/s1. The number of hydrogen-bond donors (Lipinski definition) is 0. The summed E-state index contributed by atoms with van der Waals surface area (Å²) in [6.45, 7) is 0.986. The number of aryl methyl sites for hydroxylation is 1. The molecule has 5 heteroatoms. The summed E-state index contributed by atoms with van der Waals surface area (Å²) in [6.07, 6.45) is 19.0. The summed E-state index contributed by atoms with van der Waals surface area (Å²) in [4.78, 5) is 23.4. The van der Waals surface area contributed by atoms with Crippen LogP contribution >= 0.6 is 0 Å². The smallest absolute Gasteiger partial charge is 0.323 e. The Kier molecular flexibility index (Phi) is 8.87. The van der Waals surface area contributed by atoms with Gasteiger partial charge >= 0.3 is 5.97 Å². The highest BCUT2D eigenvalue weighted by Gasteiger charge is 2.29. The number of allylic oxidation sites excluding steroid dienone is 1. The number of likely N-dealkylation sites (N-methyl/N-ethyl adjacent to an activating group) is 1. The molecule has 0 radical (unpaired) electrons. The van der Waals surface area contributed by atoms with Crippen molar-refractivity contribution in [1.29, 1.82) is 0 Å². The molecule has 0 amide bonds. The fourth-order valence-electron chi connectivity index (χ4n) is 4.25. The lowest BCUT2D eigenvalue weighted by atomic mass is 9.99. The van der Waals surface area contributed by atoms with Crippen LogP contribution in [0.1, 0.15) is 69.8 Å². The second-order valence-electron chi connectivity index (χ2n) is 8.35. The summed E-state index contributed by atoms with van der Waals surface area (Å²) in [5.74, 6) is -0.0277. The highest BCUT2D eigenvalue weighted by molar-refractivity contribution is 5.76. The number of likely N-dealkylation sites (tertiary alicyclic amines) is 1. The van der Waals surface area contributed by atoms with Crippen molar-refractivity contribution < 1.29 is 9.53 Å². The number of pyridine rings is 1. The third-order valence-electron chi connectivity index (χ3n) is 6.02. The number of piperidine rings is 1. The summed E-state index contributed by atoms with van der Waals surface area (Å²) in [6, 6.07) is 4.02. The molecule has 1 aromatic rings. The van der Waals surface area contributed by atoms with E-state index in [-0.39, 0.29) is 18.1 Å². The van der Waals surface area contributed by atoms with Gasteiger partial charge in [0.25, 0.3) is 0 Å². The summed E-state index contributed by atoms with van der Waals surface area (Å²) in [5.41, 5.74) is 2.66. The summed E-state index contributed by atoms with van der Waals surface area (Å²) < 4.78 is 6.04. The molecule has 2 atom stereocenters. The molecule has 0 N–H and O–H groups in total. The van der Waals surface area contributed by atoms with E-state index in [0.29, 0.717) is 0 Å². The lowest BCUT2D eigenvalue weighted by molar-refractivity contribution is -0.157. The predicted molar refractivity (Wildman–Crippen MR) is 117 cm³/mol. The Labute approximate surface area is 175 Å². The summed E-state index contributed by atoms with van der Waals surface area (Å²) >= 11 is 0. The van der Waals surface area contributed by atoms with E-state index >= 15 is 0 Å². The number of hydrogen-bond acceptors (Lipinski definition) is 5. The second kappa shape index (κ2) is 11.9. The Balaban J connectivity index is 1.50. The maximum Gasteiger partial charge on any atom is 0.323 e. The zero-order valence-electron chi connectivity index (χ0n) is 17.8. The number of carbonyl (C=O) groups is 1. The number of ether oxygens (including phenoxy) is 1. The maximum atomic E-state index is 12.8. The molecule has 0 aromatic carbocycles. The van der Waals surface area contributed by atoms with Crippen LogP contribution in [0.5, 0.6) is 0 Å². The van der Waals surface area contributed by atoms with Gasteiger partial charge in [-0.05, 0) is 89.4 Å². The van der Waals surface area contributed by atoms with Crippen LogP contribution < -0.4 is 0 Å². The average molecular weight is 398 g/mol. The second-order valence-corrected chi connectivity index (χ2v) is 8.35. The molecule has 3 rings (SSSR count). The quantitative estimate of drug-likeness (QED) is 0.536. The van der Waals surface area contributed by atoms with Gasteiger partial charge in [-0.15, -0.1) is 0 Å². The van der Waals surface area contributed by atoms with Crippen LogP contribution in [0, 0.1) is 0 Å². The van der Waals surface area contributed by atoms with Gasteiger partial charge in [0, 0.05) is 24.8 Å². The molecule has 1 unspecified atom stereocenters. The third kappa shape index (κ3) is 7.39. The molecule has 2 aliphatic rings. The van der Waals surface area contributed by atoms with Gasteiger partial charge in [0.1, 0.15) is 12.1 Å². The lowest BCUT2D eigenvalue weighted by Crippen LogP contribution is -2.44. The van der Waals surface area contributed by atoms with Crippen molar-refractivity contribution in [3.63, 3.8) is 0 Å². The molecule has 1 aromatic heterocycles. The Bertz CT molecular complexity index is 687. The molecule has 3 heterocycles. The van der Waals surface area contributed by atoms with Gasteiger partial charge in [0.2, 0.25) is 0 Å². The van der Waals surface area contributed by atoms with Gasteiger partial charge in [0.05, 0.1) is 0 Å². The van der Waals surface area contributed by atoms with Crippen LogP contribution in [0.3, 0.4) is 0 Å². The van der Waals surface area contributed by atoms with Crippen LogP contribution in [0.2, 0.25) is 0 Å². The molecule has 2 aliphatic heterocycles. The van der Waals surface area contributed by atoms with Crippen LogP contribution in [-0.2, 0) is 16.0 Å². The Morgan fingerprint density at radius 2 is 2.14 bits per heavy atom. The molecule has 0 aliphatic carbocycles. The number of aromatic nitrogens is 1. The fourth-order valence-corrected chi connectivity index (χ4v) is 4.25. The number of esters is 1. The molecular weight excluding hydrogens is 362 g/mol. The first-order valence-corrected chi connectivity index (χ1v) is 11.2. The third-order valence-corrected chi connectivity index (χ3v) is 6.02. The molecule has 29 heavy (non-hydrogen) atoms. The number of aliphatic imine (C=N–C) groups is 1. The van der Waals surface area contributed by atoms with Crippen molar-refractivity contribution in [2.75, 3.05) is 13.6 Å². The van der Waals surface area contributed by atoms with Crippen molar-refractivity contribution in [2.24, 2.45) is 4.99 Å². The van der Waals surface area contributed by atoms with Gasteiger partial charge in [-0.2, -0.15) is 0 Å². The summed E-state index contributed by atoms with van der Waals surface area (Å²) in [7, 11) is 2.04. The maximum absolute atomic E-state index is 12.8. The van der Waals surface area contributed by atoms with Gasteiger partial charge < -0.3 is 4.74 Å². The number of nitrogens with zero attached hydrogens (tertiary/aromatic N) is 3. The monoisotopic (exact) mass is 397 g/mol. The minimum absolute atomic E-state index is 0.00203. The van der Waals surface area contributed by atoms with Crippen molar-refractivity contribution in [3.05, 3.63) is 41.9 Å². The van der Waals surface area contributed by atoms with E-state index in [9.17, 15) is 4.79 Å². The van der Waals surface area contributed by atoms with Crippen LogP contribution in [-0.4, -0.2) is 47.8 Å². The van der Waals surface area contributed by atoms with E-state index in [2.05, 4.69) is 20.9 Å². The molecule has 0 bridgehead atoms. The van der Waals surface area contributed by atoms with E-state index in [1.165, 1.54) is 17.6 Å².